The number of nitrogens with one attached hydrogen (secondary N) is 2. The molecule has 0 saturated carbocycles. The van der Waals surface area contributed by atoms with Crippen LogP contribution in [0.25, 0.3) is 0 Å². The molecule has 4 rings (SSSR count). The van der Waals surface area contributed by atoms with Gasteiger partial charge in [0.1, 0.15) is 73.2 Å². The Labute approximate surface area is 308 Å². The quantitative estimate of drug-likeness (QED) is 0.0490. The second-order valence-electron chi connectivity index (χ2n) is 12.7. The van der Waals surface area contributed by atoms with Crippen molar-refractivity contribution in [2.24, 2.45) is 0 Å². The first kappa shape index (κ1) is 43.6. The number of aliphatic hydroxyl groups excluding tert-OH is 10. The number of hydrogen-bond acceptors (Lipinski definition) is 19. The van der Waals surface area contributed by atoms with Gasteiger partial charge in [0.05, 0.1) is 26.4 Å². The van der Waals surface area contributed by atoms with Crippen LogP contribution in [-0.2, 0) is 38.0 Å². The number of amides is 2. The topological polar surface area (TPSA) is 316 Å². The fourth-order valence-electron chi connectivity index (χ4n) is 5.75. The van der Waals surface area contributed by atoms with Gasteiger partial charge in [-0.1, -0.05) is 18.2 Å². The van der Waals surface area contributed by atoms with Crippen molar-refractivity contribution < 1.29 is 89.1 Å². The van der Waals surface area contributed by atoms with Crippen LogP contribution in [0.5, 0.6) is 0 Å². The van der Waals surface area contributed by atoms with Crippen molar-refractivity contribution in [3.05, 3.63) is 30.3 Å². The summed E-state index contributed by atoms with van der Waals surface area (Å²) < 4.78 is 35.9. The Morgan fingerprint density at radius 2 is 1.19 bits per heavy atom. The van der Waals surface area contributed by atoms with Crippen LogP contribution in [0.15, 0.2) is 35.2 Å². The van der Waals surface area contributed by atoms with Crippen molar-refractivity contribution in [3.63, 3.8) is 0 Å². The fraction of sp³-hybridized carbons (Fsp3) is 0.750. The summed E-state index contributed by atoms with van der Waals surface area (Å²) in [6.45, 7) is -2.40. The molecule has 9 unspecified atom stereocenters. The SMILES string of the molecule is O=C(CCCCC(=O)NSc1ccccc1)NCCO[C@H]1OC(CO[C@H]2OC(CO)[C@@H](O)C(O)C2O)[C@@H](O)C(O[C@H]2OC(CO)[C@@H](O)C(O)C2O)C1O. The van der Waals surface area contributed by atoms with Gasteiger partial charge < -0.3 is 84.8 Å². The van der Waals surface area contributed by atoms with Crippen molar-refractivity contribution in [1.82, 2.24) is 10.0 Å². The molecule has 53 heavy (non-hydrogen) atoms. The maximum absolute atomic E-state index is 12.4. The number of carbonyl (C=O) groups is 2. The molecular formula is C32H50N2O18S. The molecule has 20 nitrogen and oxygen atoms in total. The Balaban J connectivity index is 1.29. The molecule has 12 N–H and O–H groups in total. The van der Waals surface area contributed by atoms with Crippen LogP contribution in [0.3, 0.4) is 0 Å². The Hall–Kier alpha value is -2.13. The number of ether oxygens (including phenoxy) is 6. The lowest BCUT2D eigenvalue weighted by Crippen LogP contribution is -2.65. The highest BCUT2D eigenvalue weighted by Gasteiger charge is 2.52. The van der Waals surface area contributed by atoms with Crippen molar-refractivity contribution in [3.8, 4) is 0 Å². The minimum absolute atomic E-state index is 0.0492. The third-order valence-corrected chi connectivity index (χ3v) is 9.68. The number of aliphatic hydroxyl groups is 10. The van der Waals surface area contributed by atoms with Crippen LogP contribution in [0.2, 0.25) is 0 Å². The van der Waals surface area contributed by atoms with Crippen molar-refractivity contribution in [1.29, 1.82) is 0 Å². The summed E-state index contributed by atoms with van der Waals surface area (Å²) in [7, 11) is 0. The van der Waals surface area contributed by atoms with Crippen molar-refractivity contribution >= 4 is 23.8 Å². The standard InChI is InChI=1S/C32H50N2O18S/c35-12-16-21(39)24(42)26(44)30(49-16)48-14-18-23(41)29(52-32-27(45)25(43)22(40)17(13-36)50-32)28(46)31(51-18)47-11-10-33-19(37)8-4-5-9-20(38)34-53-15-6-2-1-3-7-15/h1-3,6-7,16-18,21-32,35-36,39-46H,4-5,8-14H2,(H,33,37)(H,34,38)/t16?,17?,18?,21-,22-,23-,24?,25?,26?,27?,28?,29?,30+,31+,32-/m1/s1. The van der Waals surface area contributed by atoms with Gasteiger partial charge in [0.15, 0.2) is 18.9 Å². The minimum atomic E-state index is -1.89. The first-order chi connectivity index (χ1) is 25.4. The summed E-state index contributed by atoms with van der Waals surface area (Å²) in [5, 5.41) is 105. The maximum Gasteiger partial charge on any atom is 0.230 e. The molecule has 15 atom stereocenters. The summed E-state index contributed by atoms with van der Waals surface area (Å²) in [5.41, 5.74) is 0. The van der Waals surface area contributed by atoms with Gasteiger partial charge in [-0.05, 0) is 36.9 Å². The van der Waals surface area contributed by atoms with Crippen LogP contribution in [-0.4, -0.2) is 188 Å². The van der Waals surface area contributed by atoms with E-state index in [1.54, 1.807) is 0 Å². The Morgan fingerprint density at radius 1 is 0.642 bits per heavy atom. The molecular weight excluding hydrogens is 732 g/mol. The molecule has 1 aromatic rings. The third kappa shape index (κ3) is 11.9. The Kier molecular flexibility index (Phi) is 17.5. The zero-order valence-electron chi connectivity index (χ0n) is 28.6. The summed E-state index contributed by atoms with van der Waals surface area (Å²) in [6, 6.07) is 9.30. The second-order valence-corrected chi connectivity index (χ2v) is 13.6. The molecule has 0 spiro atoms. The zero-order valence-corrected chi connectivity index (χ0v) is 29.4. The van der Waals surface area contributed by atoms with Gasteiger partial charge in [0.2, 0.25) is 11.8 Å². The van der Waals surface area contributed by atoms with E-state index in [9.17, 15) is 60.7 Å². The summed E-state index contributed by atoms with van der Waals surface area (Å²) in [5.74, 6) is -0.502. The average molecular weight is 783 g/mol. The van der Waals surface area contributed by atoms with Gasteiger partial charge in [-0.3, -0.25) is 14.3 Å². The van der Waals surface area contributed by atoms with Crippen LogP contribution >= 0.6 is 11.9 Å². The van der Waals surface area contributed by atoms with Gasteiger partial charge in [0, 0.05) is 24.3 Å². The lowest BCUT2D eigenvalue weighted by atomic mass is 9.96. The number of benzene rings is 1. The molecule has 3 saturated heterocycles. The number of hydrogen-bond donors (Lipinski definition) is 12. The summed E-state index contributed by atoms with van der Waals surface area (Å²) >= 11 is 1.20. The smallest absolute Gasteiger partial charge is 0.230 e. The highest BCUT2D eigenvalue weighted by Crippen LogP contribution is 2.31. The maximum atomic E-state index is 12.4. The average Bonchev–Trinajstić information content (AvgIpc) is 3.16. The van der Waals surface area contributed by atoms with E-state index in [2.05, 4.69) is 10.0 Å². The van der Waals surface area contributed by atoms with Crippen LogP contribution in [0.1, 0.15) is 25.7 Å². The summed E-state index contributed by atoms with van der Waals surface area (Å²) in [4.78, 5) is 25.3. The minimum Gasteiger partial charge on any atom is -0.394 e. The largest absolute Gasteiger partial charge is 0.394 e. The van der Waals surface area contributed by atoms with E-state index in [0.717, 1.165) is 4.90 Å². The molecule has 2 amide bonds. The molecule has 0 radical (unpaired) electrons. The van der Waals surface area contributed by atoms with Gasteiger partial charge in [0.25, 0.3) is 0 Å². The van der Waals surface area contributed by atoms with E-state index in [0.29, 0.717) is 12.8 Å². The molecule has 3 fully saturated rings. The summed E-state index contributed by atoms with van der Waals surface area (Å²) in [6.07, 6.45) is -23.8. The highest BCUT2D eigenvalue weighted by molar-refractivity contribution is 7.98. The molecule has 3 aliphatic heterocycles. The van der Waals surface area contributed by atoms with E-state index < -0.39 is 112 Å². The predicted octanol–water partition coefficient (Wildman–Crippen LogP) is -5.05. The number of rotatable bonds is 18. The molecule has 3 aliphatic rings. The van der Waals surface area contributed by atoms with Gasteiger partial charge in [-0.25, -0.2) is 0 Å². The molecule has 1 aromatic carbocycles. The normalized spacial score (nSPS) is 37.6. The zero-order chi connectivity index (χ0) is 38.7. The first-order valence-corrected chi connectivity index (χ1v) is 18.0. The molecule has 0 bridgehead atoms. The van der Waals surface area contributed by atoms with Crippen LogP contribution in [0.4, 0.5) is 0 Å². The molecule has 0 aromatic heterocycles. The predicted molar refractivity (Wildman–Crippen MR) is 177 cm³/mol. The fourth-order valence-corrected chi connectivity index (χ4v) is 6.38. The monoisotopic (exact) mass is 782 g/mol. The van der Waals surface area contributed by atoms with Gasteiger partial charge in [-0.15, -0.1) is 0 Å². The highest BCUT2D eigenvalue weighted by atomic mass is 32.2. The number of carbonyl (C=O) groups excluding carboxylic acids is 2. The van der Waals surface area contributed by atoms with Crippen LogP contribution < -0.4 is 10.0 Å². The first-order valence-electron chi connectivity index (χ1n) is 17.1. The molecule has 302 valence electrons. The van der Waals surface area contributed by atoms with E-state index in [1.807, 2.05) is 30.3 Å². The van der Waals surface area contributed by atoms with Gasteiger partial charge >= 0.3 is 0 Å². The molecule has 0 aliphatic carbocycles. The number of unbranched alkanes of at least 4 members (excludes halogenated alkanes) is 1. The molecule has 3 heterocycles. The second kappa shape index (κ2) is 21.2. The van der Waals surface area contributed by atoms with E-state index in [1.165, 1.54) is 11.9 Å². The van der Waals surface area contributed by atoms with Crippen molar-refractivity contribution in [2.75, 3.05) is 33.0 Å². The lowest BCUT2D eigenvalue weighted by molar-refractivity contribution is -0.366. The van der Waals surface area contributed by atoms with E-state index in [4.69, 9.17) is 28.4 Å². The Morgan fingerprint density at radius 3 is 1.81 bits per heavy atom. The van der Waals surface area contributed by atoms with Crippen LogP contribution in [0, 0.1) is 0 Å². The van der Waals surface area contributed by atoms with Crippen molar-refractivity contribution in [2.45, 2.75) is 123 Å². The third-order valence-electron chi connectivity index (χ3n) is 8.84. The van der Waals surface area contributed by atoms with Gasteiger partial charge in [-0.2, -0.15) is 0 Å². The Bertz CT molecular complexity index is 1250. The van der Waals surface area contributed by atoms with E-state index >= 15 is 0 Å². The van der Waals surface area contributed by atoms with E-state index in [-0.39, 0.29) is 37.8 Å². The lowest BCUT2D eigenvalue weighted by Gasteiger charge is -2.46. The molecule has 21 heteroatoms.